The first-order chi connectivity index (χ1) is 7.91. The van der Waals surface area contributed by atoms with Gasteiger partial charge in [0, 0.05) is 27.3 Å². The molecule has 2 rings (SSSR count). The van der Waals surface area contributed by atoms with E-state index in [1.165, 1.54) is 4.90 Å². The molecular formula is C10H13N5O2. The van der Waals surface area contributed by atoms with Crippen LogP contribution in [0.2, 0.25) is 0 Å². The lowest BCUT2D eigenvalue weighted by atomic mass is 10.2. The number of hydrogen-bond acceptors (Lipinski definition) is 4. The monoisotopic (exact) mass is 235 g/mol. The Balaban J connectivity index is 2.84. The van der Waals surface area contributed by atoms with E-state index >= 15 is 0 Å². The Kier molecular flexibility index (Phi) is 2.38. The minimum atomic E-state index is -0.404. The summed E-state index contributed by atoms with van der Waals surface area (Å²) in [5.74, 6) is -0.208. The van der Waals surface area contributed by atoms with Crippen LogP contribution in [0, 0.1) is 0 Å². The number of carbonyl (C=O) groups is 1. The third-order valence-electron chi connectivity index (χ3n) is 2.48. The van der Waals surface area contributed by atoms with E-state index in [4.69, 9.17) is 5.73 Å². The summed E-state index contributed by atoms with van der Waals surface area (Å²) >= 11 is 0. The molecule has 0 saturated heterocycles. The lowest BCUT2D eigenvalue weighted by molar-refractivity contribution is 0.0829. The van der Waals surface area contributed by atoms with E-state index in [2.05, 4.69) is 9.97 Å². The molecule has 0 aromatic carbocycles. The largest absolute Gasteiger partial charge is 0.369 e. The molecule has 0 aliphatic carbocycles. The van der Waals surface area contributed by atoms with Crippen molar-refractivity contribution >= 4 is 22.9 Å². The summed E-state index contributed by atoms with van der Waals surface area (Å²) in [6.07, 6.45) is 1.58. The maximum atomic E-state index is 11.9. The van der Waals surface area contributed by atoms with E-state index in [1.54, 1.807) is 31.9 Å². The zero-order chi connectivity index (χ0) is 12.7. The number of hydrogen-bond donors (Lipinski definition) is 2. The zero-order valence-electron chi connectivity index (χ0n) is 9.81. The second-order valence-corrected chi connectivity index (χ2v) is 4.00. The Labute approximate surface area is 96.9 Å². The molecule has 0 spiro atoms. The number of aryl methyl sites for hydroxylation is 1. The molecule has 0 radical (unpaired) electrons. The van der Waals surface area contributed by atoms with Crippen molar-refractivity contribution in [1.82, 2.24) is 19.4 Å². The molecule has 3 N–H and O–H groups in total. The molecule has 0 bridgehead atoms. The van der Waals surface area contributed by atoms with Gasteiger partial charge in [0.25, 0.3) is 11.5 Å². The molecule has 0 atom stereocenters. The maximum Gasteiger partial charge on any atom is 0.262 e. The summed E-state index contributed by atoms with van der Waals surface area (Å²) in [4.78, 5) is 31.5. The van der Waals surface area contributed by atoms with E-state index in [-0.39, 0.29) is 17.2 Å². The van der Waals surface area contributed by atoms with Crippen molar-refractivity contribution in [2.24, 2.45) is 7.05 Å². The standard InChI is InChI=1S/C10H13N5O2/c1-14(2)9(17)5-4-15(3)7-6(5)8(16)13-10(11)12-7/h4H,1-3H3,(H3,11,12,13,16). The van der Waals surface area contributed by atoms with Crippen LogP contribution < -0.4 is 11.3 Å². The lowest BCUT2D eigenvalue weighted by Gasteiger charge is -2.08. The molecule has 0 unspecified atom stereocenters. The summed E-state index contributed by atoms with van der Waals surface area (Å²) in [5.41, 5.74) is 5.78. The van der Waals surface area contributed by atoms with Gasteiger partial charge in [-0.15, -0.1) is 0 Å². The maximum absolute atomic E-state index is 11.9. The Morgan fingerprint density at radius 1 is 1.53 bits per heavy atom. The number of nitrogen functional groups attached to an aromatic ring is 1. The van der Waals surface area contributed by atoms with Crippen LogP contribution in [-0.4, -0.2) is 39.4 Å². The van der Waals surface area contributed by atoms with Crippen LogP contribution in [0.3, 0.4) is 0 Å². The van der Waals surface area contributed by atoms with E-state index in [9.17, 15) is 9.59 Å². The molecule has 2 aromatic rings. The first-order valence-electron chi connectivity index (χ1n) is 4.98. The average Bonchev–Trinajstić information content (AvgIpc) is 2.55. The molecular weight excluding hydrogens is 222 g/mol. The van der Waals surface area contributed by atoms with E-state index in [0.717, 1.165) is 0 Å². The summed E-state index contributed by atoms with van der Waals surface area (Å²) < 4.78 is 1.61. The van der Waals surface area contributed by atoms with Crippen molar-refractivity contribution in [1.29, 1.82) is 0 Å². The number of carbonyl (C=O) groups excluding carboxylic acids is 1. The highest BCUT2D eigenvalue weighted by Crippen LogP contribution is 2.16. The highest BCUT2D eigenvalue weighted by Gasteiger charge is 2.19. The number of nitrogens with one attached hydrogen (secondary N) is 1. The Morgan fingerprint density at radius 3 is 2.76 bits per heavy atom. The number of H-pyrrole nitrogens is 1. The fourth-order valence-corrected chi connectivity index (χ4v) is 1.70. The number of fused-ring (bicyclic) bond motifs is 1. The molecule has 2 aromatic heterocycles. The predicted octanol–water partition coefficient (Wildman–Crippen LogP) is -0.454. The van der Waals surface area contributed by atoms with Crippen molar-refractivity contribution in [3.05, 3.63) is 22.1 Å². The predicted molar refractivity (Wildman–Crippen MR) is 63.8 cm³/mol. The second-order valence-electron chi connectivity index (χ2n) is 4.00. The fraction of sp³-hybridized carbons (Fsp3) is 0.300. The quantitative estimate of drug-likeness (QED) is 0.699. The summed E-state index contributed by atoms with van der Waals surface area (Å²) in [7, 11) is 4.96. The van der Waals surface area contributed by atoms with Gasteiger partial charge in [-0.05, 0) is 0 Å². The van der Waals surface area contributed by atoms with Crippen molar-refractivity contribution in [3.8, 4) is 0 Å². The van der Waals surface area contributed by atoms with Crippen LogP contribution in [0.4, 0.5) is 5.95 Å². The number of nitrogens with two attached hydrogens (primary N) is 1. The van der Waals surface area contributed by atoms with Gasteiger partial charge in [0.15, 0.2) is 0 Å². The molecule has 0 aliphatic rings. The Hall–Kier alpha value is -2.31. The Bertz CT molecular complexity index is 652. The van der Waals surface area contributed by atoms with Gasteiger partial charge in [0.05, 0.1) is 10.9 Å². The highest BCUT2D eigenvalue weighted by molar-refractivity contribution is 6.05. The van der Waals surface area contributed by atoms with Crippen molar-refractivity contribution in [2.45, 2.75) is 0 Å². The normalized spacial score (nSPS) is 10.8. The molecule has 90 valence electrons. The molecule has 17 heavy (non-hydrogen) atoms. The first kappa shape index (κ1) is 11.2. The van der Waals surface area contributed by atoms with Crippen molar-refractivity contribution < 1.29 is 4.79 Å². The SMILES string of the molecule is CN(C)C(=O)c1cn(C)c2nc(N)[nH]c(=O)c12. The lowest BCUT2D eigenvalue weighted by Crippen LogP contribution is -2.23. The second kappa shape index (κ2) is 3.62. The summed E-state index contributed by atoms with van der Waals surface area (Å²) in [5, 5.41) is 0.264. The van der Waals surface area contributed by atoms with Crippen molar-refractivity contribution in [3.63, 3.8) is 0 Å². The van der Waals surface area contributed by atoms with Crippen LogP contribution in [-0.2, 0) is 7.05 Å². The van der Waals surface area contributed by atoms with Gasteiger partial charge in [-0.25, -0.2) is 0 Å². The molecule has 1 amide bonds. The van der Waals surface area contributed by atoms with Gasteiger partial charge < -0.3 is 15.2 Å². The first-order valence-corrected chi connectivity index (χ1v) is 4.98. The average molecular weight is 235 g/mol. The highest BCUT2D eigenvalue weighted by atomic mass is 16.2. The number of anilines is 1. The van der Waals surface area contributed by atoms with Gasteiger partial charge in [0.2, 0.25) is 5.95 Å². The van der Waals surface area contributed by atoms with E-state index in [1.807, 2.05) is 0 Å². The van der Waals surface area contributed by atoms with Gasteiger partial charge in [-0.2, -0.15) is 4.98 Å². The van der Waals surface area contributed by atoms with Crippen LogP contribution in [0.25, 0.3) is 11.0 Å². The van der Waals surface area contributed by atoms with Gasteiger partial charge in [0.1, 0.15) is 5.65 Å². The molecule has 0 saturated carbocycles. The number of aromatic nitrogens is 3. The van der Waals surface area contributed by atoms with Crippen LogP contribution >= 0.6 is 0 Å². The van der Waals surface area contributed by atoms with Gasteiger partial charge >= 0.3 is 0 Å². The number of amides is 1. The molecule has 7 nitrogen and oxygen atoms in total. The van der Waals surface area contributed by atoms with E-state index < -0.39 is 5.56 Å². The molecule has 7 heteroatoms. The van der Waals surface area contributed by atoms with Gasteiger partial charge in [-0.1, -0.05) is 0 Å². The molecule has 0 aliphatic heterocycles. The van der Waals surface area contributed by atoms with Crippen LogP contribution in [0.15, 0.2) is 11.0 Å². The summed E-state index contributed by atoms with van der Waals surface area (Å²) in [6, 6.07) is 0. The number of rotatable bonds is 1. The molecule has 2 heterocycles. The smallest absolute Gasteiger partial charge is 0.262 e. The minimum Gasteiger partial charge on any atom is -0.369 e. The fourth-order valence-electron chi connectivity index (χ4n) is 1.70. The minimum absolute atomic E-state index is 0.0348. The Morgan fingerprint density at radius 2 is 2.18 bits per heavy atom. The number of nitrogens with zero attached hydrogens (tertiary/aromatic N) is 3. The molecule has 0 fully saturated rings. The van der Waals surface area contributed by atoms with Crippen LogP contribution in [0.1, 0.15) is 10.4 Å². The third-order valence-corrected chi connectivity index (χ3v) is 2.48. The third kappa shape index (κ3) is 1.65. The van der Waals surface area contributed by atoms with Crippen LogP contribution in [0.5, 0.6) is 0 Å². The summed E-state index contributed by atoms with van der Waals surface area (Å²) in [6.45, 7) is 0. The van der Waals surface area contributed by atoms with Gasteiger partial charge in [-0.3, -0.25) is 14.6 Å². The van der Waals surface area contributed by atoms with E-state index in [0.29, 0.717) is 11.2 Å². The van der Waals surface area contributed by atoms with Crippen molar-refractivity contribution in [2.75, 3.05) is 19.8 Å². The zero-order valence-corrected chi connectivity index (χ0v) is 9.81. The number of aromatic amines is 1. The topological polar surface area (TPSA) is 97.0 Å².